The lowest BCUT2D eigenvalue weighted by atomic mass is 9.76. The van der Waals surface area contributed by atoms with Gasteiger partial charge in [0.25, 0.3) is 0 Å². The van der Waals surface area contributed by atoms with E-state index in [-0.39, 0.29) is 23.5 Å². The zero-order chi connectivity index (χ0) is 15.7. The molecule has 0 radical (unpaired) electrons. The Labute approximate surface area is 128 Å². The van der Waals surface area contributed by atoms with Crippen LogP contribution < -0.4 is 11.5 Å². The molecule has 118 valence electrons. The molecule has 6 heteroatoms. The van der Waals surface area contributed by atoms with E-state index in [1.54, 1.807) is 0 Å². The van der Waals surface area contributed by atoms with Crippen LogP contribution in [0.15, 0.2) is 30.3 Å². The Morgan fingerprint density at radius 1 is 1.09 bits per heavy atom. The van der Waals surface area contributed by atoms with Gasteiger partial charge in [-0.3, -0.25) is 0 Å². The molecule has 2 aliphatic rings. The number of fused-ring (bicyclic) bond motifs is 2. The van der Waals surface area contributed by atoms with Gasteiger partial charge < -0.3 is 20.9 Å². The van der Waals surface area contributed by atoms with Crippen molar-refractivity contribution in [3.8, 4) is 0 Å². The van der Waals surface area contributed by atoms with Gasteiger partial charge in [-0.05, 0) is 31.2 Å². The predicted octanol–water partition coefficient (Wildman–Crippen LogP) is 1.96. The number of carbonyl (C=O) groups is 2. The van der Waals surface area contributed by atoms with Gasteiger partial charge in [-0.1, -0.05) is 30.3 Å². The average Bonchev–Trinajstić information content (AvgIpc) is 2.92. The number of hydrogen-bond acceptors (Lipinski definition) is 4. The van der Waals surface area contributed by atoms with Gasteiger partial charge >= 0.3 is 12.2 Å². The fourth-order valence-corrected chi connectivity index (χ4v) is 4.19. The summed E-state index contributed by atoms with van der Waals surface area (Å²) >= 11 is 0. The minimum absolute atomic E-state index is 0.167. The molecular weight excluding hydrogens is 284 g/mol. The highest BCUT2D eigenvalue weighted by Gasteiger charge is 2.59. The van der Waals surface area contributed by atoms with Crippen LogP contribution >= 0.6 is 0 Å². The summed E-state index contributed by atoms with van der Waals surface area (Å²) in [5.74, 6) is 0.167. The van der Waals surface area contributed by atoms with Crippen LogP contribution in [0.5, 0.6) is 0 Å². The van der Waals surface area contributed by atoms with Crippen molar-refractivity contribution in [3.05, 3.63) is 35.9 Å². The number of amides is 2. The van der Waals surface area contributed by atoms with Crippen molar-refractivity contribution in [1.82, 2.24) is 0 Å². The summed E-state index contributed by atoms with van der Waals surface area (Å²) in [6.45, 7) is 0. The quantitative estimate of drug-likeness (QED) is 0.887. The summed E-state index contributed by atoms with van der Waals surface area (Å²) in [4.78, 5) is 22.2. The zero-order valence-corrected chi connectivity index (χ0v) is 12.2. The molecule has 6 nitrogen and oxygen atoms in total. The fourth-order valence-electron chi connectivity index (χ4n) is 4.19. The second kappa shape index (κ2) is 5.51. The second-order valence-electron chi connectivity index (χ2n) is 6.33. The maximum Gasteiger partial charge on any atom is 0.404 e. The molecule has 4 N–H and O–H groups in total. The van der Waals surface area contributed by atoms with Crippen LogP contribution in [0, 0.1) is 11.3 Å². The van der Waals surface area contributed by atoms with Crippen LogP contribution in [0.3, 0.4) is 0 Å². The molecule has 0 saturated heterocycles. The maximum absolute atomic E-state index is 11.2. The van der Waals surface area contributed by atoms with E-state index >= 15 is 0 Å². The highest BCUT2D eigenvalue weighted by Crippen LogP contribution is 2.57. The first kappa shape index (κ1) is 14.7. The standard InChI is InChI=1S/C16H20N2O4/c17-14(19)21-12-9-16(7-10-4-2-1-3-5-10)8-11(12)6-13(16)22-15(18)20/h1-5,11-13H,6-9H2,(H2,17,19)(H2,18,20)/t11-,12-,13-,16-/m0/s1. The maximum atomic E-state index is 11.2. The number of nitrogens with two attached hydrogens (primary N) is 2. The molecule has 2 aliphatic carbocycles. The minimum atomic E-state index is -0.752. The SMILES string of the molecule is NC(=O)O[C@H]1C[C@]2(Cc3ccccc3)C[C@@H]1C[C@@H]2OC(N)=O. The first-order valence-corrected chi connectivity index (χ1v) is 7.45. The van der Waals surface area contributed by atoms with Crippen molar-refractivity contribution in [3.63, 3.8) is 0 Å². The summed E-state index contributed by atoms with van der Waals surface area (Å²) in [5.41, 5.74) is 11.3. The number of rotatable bonds is 4. The van der Waals surface area contributed by atoms with Gasteiger partial charge in [0.05, 0.1) is 0 Å². The summed E-state index contributed by atoms with van der Waals surface area (Å²) in [7, 11) is 0. The van der Waals surface area contributed by atoms with E-state index in [1.807, 2.05) is 30.3 Å². The van der Waals surface area contributed by atoms with Crippen molar-refractivity contribution >= 4 is 12.2 Å². The number of carbonyl (C=O) groups excluding carboxylic acids is 2. The number of ether oxygens (including phenoxy) is 2. The van der Waals surface area contributed by atoms with Crippen LogP contribution in [-0.4, -0.2) is 24.4 Å². The normalized spacial score (nSPS) is 32.6. The monoisotopic (exact) mass is 304 g/mol. The van der Waals surface area contributed by atoms with Crippen LogP contribution in [0.1, 0.15) is 24.8 Å². The molecule has 0 heterocycles. The summed E-state index contributed by atoms with van der Waals surface area (Å²) in [6.07, 6.45) is 0.980. The van der Waals surface area contributed by atoms with Crippen molar-refractivity contribution in [2.24, 2.45) is 22.8 Å². The van der Waals surface area contributed by atoms with E-state index in [0.717, 1.165) is 12.8 Å². The van der Waals surface area contributed by atoms with Gasteiger partial charge in [0, 0.05) is 11.3 Å². The Morgan fingerprint density at radius 3 is 2.41 bits per heavy atom. The lowest BCUT2D eigenvalue weighted by Crippen LogP contribution is -2.42. The van der Waals surface area contributed by atoms with Crippen LogP contribution in [0.2, 0.25) is 0 Å². The summed E-state index contributed by atoms with van der Waals surface area (Å²) in [5, 5.41) is 0. The Kier molecular flexibility index (Phi) is 3.68. The molecule has 2 amide bonds. The van der Waals surface area contributed by atoms with Crippen molar-refractivity contribution in [2.75, 3.05) is 0 Å². The highest BCUT2D eigenvalue weighted by molar-refractivity contribution is 5.65. The number of hydrogen-bond donors (Lipinski definition) is 2. The molecule has 2 bridgehead atoms. The molecule has 2 saturated carbocycles. The third kappa shape index (κ3) is 2.73. The van der Waals surface area contributed by atoms with E-state index < -0.39 is 12.2 Å². The molecule has 4 atom stereocenters. The first-order valence-electron chi connectivity index (χ1n) is 7.45. The molecule has 2 fully saturated rings. The highest BCUT2D eigenvalue weighted by atomic mass is 16.6. The van der Waals surface area contributed by atoms with Crippen molar-refractivity contribution in [2.45, 2.75) is 37.9 Å². The predicted molar refractivity (Wildman–Crippen MR) is 78.8 cm³/mol. The average molecular weight is 304 g/mol. The Bertz CT molecular complexity index is 577. The van der Waals surface area contributed by atoms with Crippen molar-refractivity contribution < 1.29 is 19.1 Å². The Morgan fingerprint density at radius 2 is 1.77 bits per heavy atom. The number of primary amides is 2. The largest absolute Gasteiger partial charge is 0.446 e. The van der Waals surface area contributed by atoms with Gasteiger partial charge in [0.1, 0.15) is 12.2 Å². The van der Waals surface area contributed by atoms with Crippen LogP contribution in [0.4, 0.5) is 9.59 Å². The first-order chi connectivity index (χ1) is 10.5. The third-order valence-electron chi connectivity index (χ3n) is 4.93. The van der Waals surface area contributed by atoms with E-state index in [9.17, 15) is 9.59 Å². The lowest BCUT2D eigenvalue weighted by molar-refractivity contribution is -0.0178. The van der Waals surface area contributed by atoms with Gasteiger partial charge in [0.2, 0.25) is 0 Å². The second-order valence-corrected chi connectivity index (χ2v) is 6.33. The molecule has 1 aromatic rings. The van der Waals surface area contributed by atoms with Crippen LogP contribution in [-0.2, 0) is 15.9 Å². The zero-order valence-electron chi connectivity index (χ0n) is 12.2. The summed E-state index contributed by atoms with van der Waals surface area (Å²) < 4.78 is 10.6. The molecular formula is C16H20N2O4. The molecule has 3 rings (SSSR count). The Balaban J connectivity index is 1.82. The van der Waals surface area contributed by atoms with E-state index in [1.165, 1.54) is 5.56 Å². The lowest BCUT2D eigenvalue weighted by Gasteiger charge is -2.36. The van der Waals surface area contributed by atoms with Gasteiger partial charge in [-0.25, -0.2) is 9.59 Å². The van der Waals surface area contributed by atoms with Gasteiger partial charge in [0.15, 0.2) is 0 Å². The van der Waals surface area contributed by atoms with Gasteiger partial charge in [-0.15, -0.1) is 0 Å². The van der Waals surface area contributed by atoms with E-state index in [2.05, 4.69) is 0 Å². The molecule has 0 aliphatic heterocycles. The van der Waals surface area contributed by atoms with Gasteiger partial charge in [-0.2, -0.15) is 0 Å². The number of benzene rings is 1. The smallest absolute Gasteiger partial charge is 0.404 e. The van der Waals surface area contributed by atoms with E-state index in [4.69, 9.17) is 20.9 Å². The molecule has 0 aromatic heterocycles. The topological polar surface area (TPSA) is 105 Å². The Hall–Kier alpha value is -2.24. The third-order valence-corrected chi connectivity index (χ3v) is 4.93. The molecule has 22 heavy (non-hydrogen) atoms. The molecule has 0 unspecified atom stereocenters. The molecule has 0 spiro atoms. The van der Waals surface area contributed by atoms with Crippen LogP contribution in [0.25, 0.3) is 0 Å². The van der Waals surface area contributed by atoms with Crippen molar-refractivity contribution in [1.29, 1.82) is 0 Å². The minimum Gasteiger partial charge on any atom is -0.446 e. The van der Waals surface area contributed by atoms with E-state index in [0.29, 0.717) is 12.8 Å². The fraction of sp³-hybridized carbons (Fsp3) is 0.500. The summed E-state index contributed by atoms with van der Waals surface area (Å²) in [6, 6.07) is 10.0. The molecule has 1 aromatic carbocycles.